The molecule has 0 radical (unpaired) electrons. The lowest BCUT2D eigenvalue weighted by molar-refractivity contribution is 0.0443. The largest absolute Gasteiger partial charge is 0.320 e. The Morgan fingerprint density at radius 3 is 2.16 bits per heavy atom. The maximum Gasteiger partial charge on any atom is 0.320 e. The first-order chi connectivity index (χ1) is 15.6. The Balaban J connectivity index is 1.39. The van der Waals surface area contributed by atoms with Crippen molar-refractivity contribution in [2.45, 2.75) is 63.1 Å². The number of nitrogens with zero attached hydrogens (tertiary/aromatic N) is 2. The van der Waals surface area contributed by atoms with Crippen molar-refractivity contribution in [2.24, 2.45) is 11.8 Å². The molecule has 2 amide bonds. The lowest BCUT2D eigenvalue weighted by Crippen LogP contribution is -2.56. The number of benzene rings is 2. The minimum absolute atomic E-state index is 0.0117. The molecule has 3 aliphatic rings. The van der Waals surface area contributed by atoms with Crippen LogP contribution in [0, 0.1) is 11.8 Å². The normalized spacial score (nSPS) is 32.4. The second-order valence-corrected chi connectivity index (χ2v) is 10.5. The van der Waals surface area contributed by atoms with Crippen LogP contribution in [0.3, 0.4) is 0 Å². The molecule has 5 rings (SSSR count). The number of urea groups is 1. The third kappa shape index (κ3) is 3.73. The highest BCUT2D eigenvalue weighted by molar-refractivity contribution is 5.78. The molecular weight excluding hydrogens is 394 g/mol. The highest BCUT2D eigenvalue weighted by Gasteiger charge is 2.54. The molecule has 0 aromatic heterocycles. The second kappa shape index (κ2) is 8.55. The first-order valence-corrected chi connectivity index (χ1v) is 12.4. The van der Waals surface area contributed by atoms with Gasteiger partial charge in [-0.15, -0.1) is 0 Å². The maximum atomic E-state index is 13.7. The van der Waals surface area contributed by atoms with Crippen molar-refractivity contribution in [1.29, 1.82) is 0 Å². The smallest absolute Gasteiger partial charge is 0.318 e. The van der Waals surface area contributed by atoms with Gasteiger partial charge in [-0.3, -0.25) is 0 Å². The van der Waals surface area contributed by atoms with Crippen LogP contribution in [0.4, 0.5) is 4.79 Å². The predicted octanol–water partition coefficient (Wildman–Crippen LogP) is 5.40. The number of hydrogen-bond donors (Lipinski definition) is 1. The molecule has 1 saturated heterocycles. The van der Waals surface area contributed by atoms with Gasteiger partial charge in [-0.25, -0.2) is 4.79 Å². The molecule has 2 atom stereocenters. The van der Waals surface area contributed by atoms with Crippen LogP contribution in [0.5, 0.6) is 0 Å². The van der Waals surface area contributed by atoms with Gasteiger partial charge in [0.1, 0.15) is 0 Å². The van der Waals surface area contributed by atoms with Gasteiger partial charge in [0.2, 0.25) is 0 Å². The van der Waals surface area contributed by atoms with E-state index in [-0.39, 0.29) is 17.1 Å². The lowest BCUT2D eigenvalue weighted by Gasteiger charge is -2.50. The van der Waals surface area contributed by atoms with Crippen molar-refractivity contribution in [2.75, 3.05) is 20.1 Å². The fraction of sp³-hybridized carbons (Fsp3) is 0.536. The molecule has 2 aromatic rings. The minimum Gasteiger partial charge on any atom is -0.318 e. The first-order valence-electron chi connectivity index (χ1n) is 12.4. The molecule has 1 aliphatic heterocycles. The molecule has 1 heterocycles. The Hall–Kier alpha value is -2.33. The molecule has 2 aliphatic carbocycles. The third-order valence-electron chi connectivity index (χ3n) is 8.83. The molecule has 170 valence electrons. The van der Waals surface area contributed by atoms with E-state index in [0.717, 1.165) is 44.7 Å². The molecule has 4 heteroatoms. The quantitative estimate of drug-likeness (QED) is 0.665. The Morgan fingerprint density at radius 1 is 0.938 bits per heavy atom. The van der Waals surface area contributed by atoms with Crippen molar-refractivity contribution < 1.29 is 4.79 Å². The van der Waals surface area contributed by atoms with E-state index >= 15 is 0 Å². The summed E-state index contributed by atoms with van der Waals surface area (Å²) in [6.45, 7) is 4.86. The number of rotatable bonds is 6. The molecule has 32 heavy (non-hydrogen) atoms. The van der Waals surface area contributed by atoms with E-state index in [0.29, 0.717) is 12.5 Å². The number of carbonyl (C=O) groups is 1. The summed E-state index contributed by atoms with van der Waals surface area (Å²) in [5, 5.41) is 3.67. The van der Waals surface area contributed by atoms with Gasteiger partial charge >= 0.3 is 6.03 Å². The van der Waals surface area contributed by atoms with Crippen LogP contribution in [-0.4, -0.2) is 41.5 Å². The van der Waals surface area contributed by atoms with E-state index in [1.54, 1.807) is 0 Å². The number of amides is 2. The first kappa shape index (κ1) is 21.5. The molecule has 3 fully saturated rings. The zero-order chi connectivity index (χ0) is 22.2. The molecule has 2 unspecified atom stereocenters. The maximum absolute atomic E-state index is 13.7. The minimum atomic E-state index is -0.0314. The van der Waals surface area contributed by atoms with Crippen LogP contribution in [-0.2, 0) is 12.1 Å². The van der Waals surface area contributed by atoms with Crippen LogP contribution in [0.1, 0.15) is 56.6 Å². The summed E-state index contributed by atoms with van der Waals surface area (Å²) in [5.74, 6) is 1.41. The van der Waals surface area contributed by atoms with Crippen molar-refractivity contribution in [1.82, 2.24) is 15.1 Å². The van der Waals surface area contributed by atoms with Gasteiger partial charge in [-0.1, -0.05) is 74.0 Å². The molecule has 2 saturated carbocycles. The summed E-state index contributed by atoms with van der Waals surface area (Å²) >= 11 is 0. The second-order valence-electron chi connectivity index (χ2n) is 10.5. The van der Waals surface area contributed by atoms with Crippen LogP contribution in [0.2, 0.25) is 0 Å². The number of nitrogens with one attached hydrogen (secondary N) is 1. The van der Waals surface area contributed by atoms with Gasteiger partial charge in [0.05, 0.1) is 5.54 Å². The average Bonchev–Trinajstić information content (AvgIpc) is 3.08. The summed E-state index contributed by atoms with van der Waals surface area (Å²) in [6, 6.07) is 21.6. The van der Waals surface area contributed by atoms with Crippen molar-refractivity contribution in [3.63, 3.8) is 0 Å². The third-order valence-corrected chi connectivity index (χ3v) is 8.83. The molecule has 1 spiro atoms. The van der Waals surface area contributed by atoms with Gasteiger partial charge < -0.3 is 15.1 Å². The van der Waals surface area contributed by atoms with Crippen LogP contribution in [0.25, 0.3) is 0 Å². The summed E-state index contributed by atoms with van der Waals surface area (Å²) in [6.07, 6.45) is 6.82. The van der Waals surface area contributed by atoms with Crippen LogP contribution < -0.4 is 5.32 Å². The van der Waals surface area contributed by atoms with E-state index in [4.69, 9.17) is 0 Å². The topological polar surface area (TPSA) is 35.6 Å². The highest BCUT2D eigenvalue weighted by Crippen LogP contribution is 2.48. The highest BCUT2D eigenvalue weighted by atomic mass is 16.2. The lowest BCUT2D eigenvalue weighted by atomic mass is 9.68. The van der Waals surface area contributed by atoms with Gasteiger partial charge in [0, 0.05) is 25.2 Å². The SMILES string of the molecule is CN[C@]1(c2ccccc2)CC[C@]2(CC1)CN(Cc1ccccc1)C(=O)N2CC1CCC1C. The Kier molecular flexibility index (Phi) is 5.75. The predicted molar refractivity (Wildman–Crippen MR) is 129 cm³/mol. The average molecular weight is 432 g/mol. The van der Waals surface area contributed by atoms with Crippen molar-refractivity contribution in [3.8, 4) is 0 Å². The number of hydrogen-bond acceptors (Lipinski definition) is 2. The summed E-state index contributed by atoms with van der Waals surface area (Å²) in [7, 11) is 2.10. The standard InChI is InChI=1S/C28H37N3O/c1-22-13-14-24(22)20-31-26(32)30(19-23-9-5-3-6-10-23)21-27(31)15-17-28(29-2,18-16-27)25-11-7-4-8-12-25/h3-12,22,24,29H,13-21H2,1-2H3/t22?,24?,27-,28+. The van der Waals surface area contributed by atoms with Gasteiger partial charge in [0.25, 0.3) is 0 Å². The molecule has 2 aromatic carbocycles. The van der Waals surface area contributed by atoms with E-state index in [9.17, 15) is 4.79 Å². The molecule has 1 N–H and O–H groups in total. The van der Waals surface area contributed by atoms with Crippen molar-refractivity contribution in [3.05, 3.63) is 71.8 Å². The zero-order valence-corrected chi connectivity index (χ0v) is 19.6. The van der Waals surface area contributed by atoms with E-state index in [2.05, 4.69) is 83.7 Å². The Labute approximate surface area is 193 Å². The van der Waals surface area contributed by atoms with E-state index in [1.165, 1.54) is 24.0 Å². The number of carbonyl (C=O) groups excluding carboxylic acids is 1. The van der Waals surface area contributed by atoms with Crippen molar-refractivity contribution >= 4 is 6.03 Å². The molecular formula is C28H37N3O. The van der Waals surface area contributed by atoms with Gasteiger partial charge in [-0.2, -0.15) is 0 Å². The molecule has 4 nitrogen and oxygen atoms in total. The monoisotopic (exact) mass is 431 g/mol. The summed E-state index contributed by atoms with van der Waals surface area (Å²) in [5.41, 5.74) is 2.58. The summed E-state index contributed by atoms with van der Waals surface area (Å²) < 4.78 is 0. The zero-order valence-electron chi connectivity index (χ0n) is 19.6. The Morgan fingerprint density at radius 2 is 1.59 bits per heavy atom. The fourth-order valence-electron chi connectivity index (χ4n) is 6.33. The fourth-order valence-corrected chi connectivity index (χ4v) is 6.33. The van der Waals surface area contributed by atoms with Crippen LogP contribution >= 0.6 is 0 Å². The Bertz CT molecular complexity index is 920. The van der Waals surface area contributed by atoms with E-state index in [1.807, 2.05) is 6.07 Å². The van der Waals surface area contributed by atoms with E-state index < -0.39 is 0 Å². The van der Waals surface area contributed by atoms with Crippen LogP contribution in [0.15, 0.2) is 60.7 Å². The summed E-state index contributed by atoms with van der Waals surface area (Å²) in [4.78, 5) is 18.1. The van der Waals surface area contributed by atoms with Gasteiger partial charge in [-0.05, 0) is 62.1 Å². The molecule has 0 bridgehead atoms. The van der Waals surface area contributed by atoms with Gasteiger partial charge in [0.15, 0.2) is 0 Å².